The number of carbonyl (C=O) groups excluding carboxylic acids is 3. The lowest BCUT2D eigenvalue weighted by molar-refractivity contribution is -0.113. The molecule has 0 bridgehead atoms. The predicted octanol–water partition coefficient (Wildman–Crippen LogP) is 2.44. The molecule has 0 saturated carbocycles. The van der Waals surface area contributed by atoms with E-state index in [-0.39, 0.29) is 23.8 Å². The number of nitrogens with zero attached hydrogens (tertiary/aromatic N) is 3. The minimum Gasteiger partial charge on any atom is -0.465 e. The van der Waals surface area contributed by atoms with Crippen molar-refractivity contribution < 1.29 is 23.5 Å². The highest BCUT2D eigenvalue weighted by Gasteiger charge is 2.14. The first-order chi connectivity index (χ1) is 15.9. The summed E-state index contributed by atoms with van der Waals surface area (Å²) in [5.74, 6) is -1.05. The number of ether oxygens (including phenoxy) is 1. The lowest BCUT2D eigenvalue weighted by atomic mass is 10.2. The van der Waals surface area contributed by atoms with E-state index < -0.39 is 17.7 Å². The lowest BCUT2D eigenvalue weighted by Crippen LogP contribution is -2.27. The third-order valence-electron chi connectivity index (χ3n) is 4.60. The molecule has 0 aliphatic rings. The molecule has 2 aromatic carbocycles. The molecule has 0 aliphatic carbocycles. The van der Waals surface area contributed by atoms with Crippen molar-refractivity contribution in [1.82, 2.24) is 20.1 Å². The van der Waals surface area contributed by atoms with Crippen molar-refractivity contribution in [2.24, 2.45) is 7.05 Å². The molecule has 3 rings (SSSR count). The number of aromatic nitrogens is 3. The molecule has 0 aliphatic heterocycles. The maximum absolute atomic E-state index is 13.7. The van der Waals surface area contributed by atoms with Gasteiger partial charge < -0.3 is 19.9 Å². The van der Waals surface area contributed by atoms with E-state index in [1.54, 1.807) is 41.9 Å². The minimum atomic E-state index is -0.579. The van der Waals surface area contributed by atoms with Crippen LogP contribution in [0, 0.1) is 5.82 Å². The van der Waals surface area contributed by atoms with E-state index >= 15 is 0 Å². The summed E-state index contributed by atoms with van der Waals surface area (Å²) in [6.45, 7) is 0.256. The third kappa shape index (κ3) is 6.39. The Balaban J connectivity index is 1.46. The Hall–Kier alpha value is -3.73. The number of amides is 2. The van der Waals surface area contributed by atoms with Crippen LogP contribution >= 0.6 is 11.8 Å². The number of hydrogen-bond acceptors (Lipinski definition) is 7. The second kappa shape index (κ2) is 11.2. The Morgan fingerprint density at radius 2 is 1.82 bits per heavy atom. The van der Waals surface area contributed by atoms with E-state index in [9.17, 15) is 18.8 Å². The molecular formula is C22H22FN5O4S. The number of thioether (sulfide) groups is 1. The Bertz CT molecular complexity index is 1150. The van der Waals surface area contributed by atoms with Crippen LogP contribution in [0.3, 0.4) is 0 Å². The van der Waals surface area contributed by atoms with Gasteiger partial charge in [0.1, 0.15) is 11.6 Å². The van der Waals surface area contributed by atoms with Crippen molar-refractivity contribution in [1.29, 1.82) is 0 Å². The molecule has 11 heteroatoms. The number of carbonyl (C=O) groups is 3. The quantitative estimate of drug-likeness (QED) is 0.364. The molecule has 33 heavy (non-hydrogen) atoms. The Morgan fingerprint density at radius 3 is 2.52 bits per heavy atom. The smallest absolute Gasteiger partial charge is 0.337 e. The standard InChI is InChI=1S/C22H22FN5O4S/c1-28-18(11-12-24-20(30)16-5-3-4-6-17(16)23)26-27-22(28)33-13-19(29)25-15-9-7-14(8-10-15)21(31)32-2/h3-10H,11-13H2,1-2H3,(H,24,30)(H,25,29). The van der Waals surface area contributed by atoms with Crippen LogP contribution in [0.15, 0.2) is 53.7 Å². The van der Waals surface area contributed by atoms with Crippen LogP contribution in [0.25, 0.3) is 0 Å². The van der Waals surface area contributed by atoms with Gasteiger partial charge in [0.15, 0.2) is 5.16 Å². The third-order valence-corrected chi connectivity index (χ3v) is 5.62. The lowest BCUT2D eigenvalue weighted by Gasteiger charge is -2.07. The van der Waals surface area contributed by atoms with Crippen molar-refractivity contribution in [3.63, 3.8) is 0 Å². The highest BCUT2D eigenvalue weighted by molar-refractivity contribution is 7.99. The van der Waals surface area contributed by atoms with E-state index in [1.165, 1.54) is 37.1 Å². The van der Waals surface area contributed by atoms with Crippen molar-refractivity contribution in [3.05, 3.63) is 71.3 Å². The van der Waals surface area contributed by atoms with Gasteiger partial charge in [-0.2, -0.15) is 0 Å². The molecule has 172 valence electrons. The molecule has 0 spiro atoms. The molecule has 0 unspecified atom stereocenters. The largest absolute Gasteiger partial charge is 0.465 e. The summed E-state index contributed by atoms with van der Waals surface area (Å²) in [6.07, 6.45) is 0.392. The van der Waals surface area contributed by atoms with Crippen LogP contribution < -0.4 is 10.6 Å². The summed E-state index contributed by atoms with van der Waals surface area (Å²) in [6, 6.07) is 12.1. The number of benzene rings is 2. The van der Waals surface area contributed by atoms with Crippen molar-refractivity contribution >= 4 is 35.2 Å². The number of hydrogen-bond donors (Lipinski definition) is 2. The van der Waals surface area contributed by atoms with Crippen molar-refractivity contribution in [2.45, 2.75) is 11.6 Å². The SMILES string of the molecule is COC(=O)c1ccc(NC(=O)CSc2nnc(CCNC(=O)c3ccccc3F)n2C)cc1. The molecule has 0 saturated heterocycles. The fraction of sp³-hybridized carbons (Fsp3) is 0.227. The summed E-state index contributed by atoms with van der Waals surface area (Å²) >= 11 is 1.21. The van der Waals surface area contributed by atoms with Crippen LogP contribution in [-0.2, 0) is 23.0 Å². The summed E-state index contributed by atoms with van der Waals surface area (Å²) < 4.78 is 20.0. The van der Waals surface area contributed by atoms with Gasteiger partial charge in [-0.3, -0.25) is 9.59 Å². The van der Waals surface area contributed by atoms with Gasteiger partial charge in [-0.1, -0.05) is 23.9 Å². The zero-order valence-electron chi connectivity index (χ0n) is 18.0. The second-order valence-electron chi connectivity index (χ2n) is 6.85. The van der Waals surface area contributed by atoms with Crippen LogP contribution in [0.2, 0.25) is 0 Å². The van der Waals surface area contributed by atoms with Crippen LogP contribution in [0.1, 0.15) is 26.5 Å². The normalized spacial score (nSPS) is 10.5. The van der Waals surface area contributed by atoms with Crippen molar-refractivity contribution in [3.8, 4) is 0 Å². The summed E-state index contributed by atoms with van der Waals surface area (Å²) in [5, 5.41) is 14.1. The van der Waals surface area contributed by atoms with E-state index in [1.807, 2.05) is 0 Å². The molecule has 3 aromatic rings. The van der Waals surface area contributed by atoms with Gasteiger partial charge in [0.2, 0.25) is 5.91 Å². The molecule has 2 amide bonds. The van der Waals surface area contributed by atoms with E-state index in [4.69, 9.17) is 0 Å². The van der Waals surface area contributed by atoms with Crippen molar-refractivity contribution in [2.75, 3.05) is 24.7 Å². The molecule has 1 aromatic heterocycles. The Morgan fingerprint density at radius 1 is 1.09 bits per heavy atom. The fourth-order valence-corrected chi connectivity index (χ4v) is 3.58. The maximum atomic E-state index is 13.7. The molecule has 2 N–H and O–H groups in total. The van der Waals surface area contributed by atoms with Gasteiger partial charge in [0, 0.05) is 25.7 Å². The van der Waals surface area contributed by atoms with Gasteiger partial charge in [0.05, 0.1) is 24.0 Å². The number of nitrogens with one attached hydrogen (secondary N) is 2. The minimum absolute atomic E-state index is 0.0161. The second-order valence-corrected chi connectivity index (χ2v) is 7.79. The van der Waals surface area contributed by atoms with Gasteiger partial charge >= 0.3 is 5.97 Å². The first-order valence-electron chi connectivity index (χ1n) is 9.91. The van der Waals surface area contributed by atoms with Crippen LogP contribution in [0.4, 0.5) is 10.1 Å². The van der Waals surface area contributed by atoms with Crippen LogP contribution in [-0.4, -0.2) is 52.0 Å². The average molecular weight is 472 g/mol. The molecule has 9 nitrogen and oxygen atoms in total. The number of halogens is 1. The molecule has 0 atom stereocenters. The first-order valence-corrected chi connectivity index (χ1v) is 10.9. The Kier molecular flexibility index (Phi) is 8.14. The number of rotatable bonds is 9. The van der Waals surface area contributed by atoms with Gasteiger partial charge in [-0.15, -0.1) is 10.2 Å². The molecular weight excluding hydrogens is 449 g/mol. The number of esters is 1. The first kappa shape index (κ1) is 23.9. The zero-order valence-corrected chi connectivity index (χ0v) is 18.8. The number of methoxy groups -OCH3 is 1. The monoisotopic (exact) mass is 471 g/mol. The fourth-order valence-electron chi connectivity index (χ4n) is 2.85. The average Bonchev–Trinajstić information content (AvgIpc) is 3.17. The highest BCUT2D eigenvalue weighted by Crippen LogP contribution is 2.17. The number of anilines is 1. The van der Waals surface area contributed by atoms with E-state index in [2.05, 4.69) is 25.6 Å². The van der Waals surface area contributed by atoms with Crippen LogP contribution in [0.5, 0.6) is 0 Å². The van der Waals surface area contributed by atoms with E-state index in [0.717, 1.165) is 0 Å². The van der Waals surface area contributed by atoms with Gasteiger partial charge in [0.25, 0.3) is 5.91 Å². The topological polar surface area (TPSA) is 115 Å². The summed E-state index contributed by atoms with van der Waals surface area (Å²) in [7, 11) is 3.06. The van der Waals surface area contributed by atoms with Gasteiger partial charge in [-0.25, -0.2) is 9.18 Å². The summed E-state index contributed by atoms with van der Waals surface area (Å²) in [5.41, 5.74) is 0.928. The molecule has 0 radical (unpaired) electrons. The maximum Gasteiger partial charge on any atom is 0.337 e. The molecule has 1 heterocycles. The summed E-state index contributed by atoms with van der Waals surface area (Å²) in [4.78, 5) is 35.8. The van der Waals surface area contributed by atoms with E-state index in [0.29, 0.717) is 28.7 Å². The highest BCUT2D eigenvalue weighted by atomic mass is 32.2. The Labute approximate surface area is 193 Å². The zero-order chi connectivity index (χ0) is 23.8. The van der Waals surface area contributed by atoms with Gasteiger partial charge in [-0.05, 0) is 36.4 Å². The molecule has 0 fully saturated rings. The predicted molar refractivity (Wildman–Crippen MR) is 121 cm³/mol.